The molecular weight excluding hydrogens is 359 g/mol. The van der Waals surface area contributed by atoms with Gasteiger partial charge in [-0.2, -0.15) is 18.3 Å². The average molecular weight is 368 g/mol. The van der Waals surface area contributed by atoms with E-state index in [1.54, 1.807) is 18.2 Å². The predicted octanol–water partition coefficient (Wildman–Crippen LogP) is 3.21. The van der Waals surface area contributed by atoms with Crippen molar-refractivity contribution < 1.29 is 13.2 Å². The number of pyridine rings is 2. The van der Waals surface area contributed by atoms with E-state index in [1.165, 1.54) is 10.6 Å². The summed E-state index contributed by atoms with van der Waals surface area (Å²) >= 11 is 5.98. The molecule has 0 saturated heterocycles. The number of nitrogens with zero attached hydrogens (tertiary/aromatic N) is 4. The Morgan fingerprint density at radius 3 is 2.72 bits per heavy atom. The highest BCUT2D eigenvalue weighted by Gasteiger charge is 2.30. The lowest BCUT2D eigenvalue weighted by Gasteiger charge is -2.06. The van der Waals surface area contributed by atoms with Crippen LogP contribution in [0.5, 0.6) is 0 Å². The molecule has 10 heteroatoms. The third-order valence-corrected chi connectivity index (χ3v) is 3.47. The van der Waals surface area contributed by atoms with Crippen LogP contribution in [0.1, 0.15) is 11.1 Å². The van der Waals surface area contributed by atoms with Gasteiger partial charge < -0.3 is 0 Å². The van der Waals surface area contributed by atoms with Crippen LogP contribution in [-0.4, -0.2) is 20.6 Å². The molecule has 0 spiro atoms. The molecule has 0 aromatic carbocycles. The SMILES string of the molecule is O=c1c(/C=N/Nc2ccc(C(F)(F)F)cn2)c(Cl)nc2ccccn12. The first kappa shape index (κ1) is 16.9. The first-order chi connectivity index (χ1) is 11.9. The standard InChI is InChI=1S/C15H9ClF3N5O/c16-13-10(14(25)24-6-2-1-3-12(24)22-13)8-21-23-11-5-4-9(7-20-11)15(17,18)19/h1-8H,(H,20,23)/b21-8+. The molecule has 0 radical (unpaired) electrons. The van der Waals surface area contributed by atoms with Crippen LogP contribution < -0.4 is 11.0 Å². The summed E-state index contributed by atoms with van der Waals surface area (Å²) in [7, 11) is 0. The van der Waals surface area contributed by atoms with Crippen LogP contribution >= 0.6 is 11.6 Å². The number of hydrogen-bond acceptors (Lipinski definition) is 5. The van der Waals surface area contributed by atoms with E-state index in [1.807, 2.05) is 0 Å². The number of nitrogens with one attached hydrogen (secondary N) is 1. The number of anilines is 1. The zero-order valence-corrected chi connectivity index (χ0v) is 13.1. The molecule has 0 aliphatic rings. The summed E-state index contributed by atoms with van der Waals surface area (Å²) in [6, 6.07) is 6.98. The fraction of sp³-hybridized carbons (Fsp3) is 0.0667. The summed E-state index contributed by atoms with van der Waals surface area (Å²) in [4.78, 5) is 20.0. The summed E-state index contributed by atoms with van der Waals surface area (Å²) in [5.41, 5.74) is 1.54. The summed E-state index contributed by atoms with van der Waals surface area (Å²) < 4.78 is 38.7. The lowest BCUT2D eigenvalue weighted by atomic mass is 10.3. The van der Waals surface area contributed by atoms with E-state index in [2.05, 4.69) is 20.5 Å². The molecule has 3 heterocycles. The zero-order valence-electron chi connectivity index (χ0n) is 12.3. The Morgan fingerprint density at radius 1 is 1.24 bits per heavy atom. The number of alkyl halides is 3. The molecule has 0 saturated carbocycles. The number of rotatable bonds is 3. The highest BCUT2D eigenvalue weighted by molar-refractivity contribution is 6.32. The highest BCUT2D eigenvalue weighted by atomic mass is 35.5. The summed E-state index contributed by atoms with van der Waals surface area (Å²) in [5.74, 6) is 0.0780. The van der Waals surface area contributed by atoms with Crippen molar-refractivity contribution in [3.8, 4) is 0 Å². The van der Waals surface area contributed by atoms with Gasteiger partial charge in [0.05, 0.1) is 17.3 Å². The Bertz CT molecular complexity index is 999. The Balaban J connectivity index is 1.83. The normalized spacial score (nSPS) is 12.0. The number of fused-ring (bicyclic) bond motifs is 1. The minimum atomic E-state index is -4.46. The maximum atomic E-state index is 12.5. The number of hydrazone groups is 1. The van der Waals surface area contributed by atoms with Gasteiger partial charge in [-0.05, 0) is 24.3 Å². The highest BCUT2D eigenvalue weighted by Crippen LogP contribution is 2.28. The Hall–Kier alpha value is -2.94. The molecule has 3 rings (SSSR count). The first-order valence-electron chi connectivity index (χ1n) is 6.85. The van der Waals surface area contributed by atoms with Gasteiger partial charge in [-0.25, -0.2) is 9.97 Å². The third kappa shape index (κ3) is 3.61. The van der Waals surface area contributed by atoms with E-state index in [0.29, 0.717) is 11.8 Å². The van der Waals surface area contributed by atoms with Crippen molar-refractivity contribution in [3.63, 3.8) is 0 Å². The van der Waals surface area contributed by atoms with Crippen LogP contribution in [0.3, 0.4) is 0 Å². The smallest absolute Gasteiger partial charge is 0.268 e. The zero-order chi connectivity index (χ0) is 18.0. The van der Waals surface area contributed by atoms with Crippen molar-refractivity contribution in [3.05, 3.63) is 69.4 Å². The minimum absolute atomic E-state index is 0.0322. The van der Waals surface area contributed by atoms with Crippen LogP contribution in [0.15, 0.2) is 52.6 Å². The number of hydrogen-bond donors (Lipinski definition) is 1. The molecule has 6 nitrogen and oxygen atoms in total. The van der Waals surface area contributed by atoms with Crippen molar-refractivity contribution in [1.82, 2.24) is 14.4 Å². The van der Waals surface area contributed by atoms with Crippen molar-refractivity contribution in [2.75, 3.05) is 5.43 Å². The average Bonchev–Trinajstić information content (AvgIpc) is 2.57. The molecule has 3 aromatic heterocycles. The van der Waals surface area contributed by atoms with Crippen molar-refractivity contribution in [1.29, 1.82) is 0 Å². The van der Waals surface area contributed by atoms with Crippen LogP contribution in [-0.2, 0) is 6.18 Å². The van der Waals surface area contributed by atoms with Crippen LogP contribution in [0.2, 0.25) is 5.15 Å². The van der Waals surface area contributed by atoms with Gasteiger partial charge in [-0.1, -0.05) is 17.7 Å². The topological polar surface area (TPSA) is 71.7 Å². The Kier molecular flexibility index (Phi) is 4.41. The summed E-state index contributed by atoms with van der Waals surface area (Å²) in [6.45, 7) is 0. The van der Waals surface area contributed by atoms with Gasteiger partial charge in [0, 0.05) is 12.4 Å². The second-order valence-corrected chi connectivity index (χ2v) is 5.21. The molecule has 25 heavy (non-hydrogen) atoms. The van der Waals surface area contributed by atoms with Crippen molar-refractivity contribution >= 4 is 29.3 Å². The molecule has 0 aliphatic carbocycles. The van der Waals surface area contributed by atoms with E-state index in [-0.39, 0.29) is 16.5 Å². The monoisotopic (exact) mass is 367 g/mol. The van der Waals surface area contributed by atoms with Crippen molar-refractivity contribution in [2.24, 2.45) is 5.10 Å². The quantitative estimate of drug-likeness (QED) is 0.438. The van der Waals surface area contributed by atoms with Gasteiger partial charge in [0.15, 0.2) is 0 Å². The molecule has 128 valence electrons. The molecule has 3 aromatic rings. The molecule has 0 amide bonds. The maximum absolute atomic E-state index is 12.5. The molecular formula is C15H9ClF3N5O. The second kappa shape index (κ2) is 6.52. The van der Waals surface area contributed by atoms with Gasteiger partial charge in [0.25, 0.3) is 5.56 Å². The van der Waals surface area contributed by atoms with E-state index >= 15 is 0 Å². The molecule has 0 atom stereocenters. The van der Waals surface area contributed by atoms with Crippen LogP contribution in [0.25, 0.3) is 5.65 Å². The lowest BCUT2D eigenvalue weighted by Crippen LogP contribution is -2.20. The Morgan fingerprint density at radius 2 is 2.04 bits per heavy atom. The molecule has 0 aliphatic heterocycles. The first-order valence-corrected chi connectivity index (χ1v) is 7.23. The van der Waals surface area contributed by atoms with E-state index in [0.717, 1.165) is 18.3 Å². The minimum Gasteiger partial charge on any atom is -0.268 e. The molecule has 1 N–H and O–H groups in total. The third-order valence-electron chi connectivity index (χ3n) is 3.19. The van der Waals surface area contributed by atoms with Gasteiger partial charge in [0.1, 0.15) is 16.6 Å². The maximum Gasteiger partial charge on any atom is 0.417 e. The summed E-state index contributed by atoms with van der Waals surface area (Å²) in [6.07, 6.45) is -1.12. The van der Waals surface area contributed by atoms with Gasteiger partial charge in [0.2, 0.25) is 0 Å². The largest absolute Gasteiger partial charge is 0.417 e. The van der Waals surface area contributed by atoms with Gasteiger partial charge in [-0.15, -0.1) is 0 Å². The molecule has 0 bridgehead atoms. The van der Waals surface area contributed by atoms with Gasteiger partial charge in [-0.3, -0.25) is 14.6 Å². The van der Waals surface area contributed by atoms with E-state index in [4.69, 9.17) is 11.6 Å². The fourth-order valence-corrected chi connectivity index (χ4v) is 2.19. The van der Waals surface area contributed by atoms with Crippen molar-refractivity contribution in [2.45, 2.75) is 6.18 Å². The predicted molar refractivity (Wildman–Crippen MR) is 86.9 cm³/mol. The summed E-state index contributed by atoms with van der Waals surface area (Å²) in [5, 5.41) is 3.74. The lowest BCUT2D eigenvalue weighted by molar-refractivity contribution is -0.137. The number of aromatic nitrogens is 3. The van der Waals surface area contributed by atoms with E-state index < -0.39 is 17.3 Å². The van der Waals surface area contributed by atoms with Crippen LogP contribution in [0.4, 0.5) is 19.0 Å². The molecule has 0 unspecified atom stereocenters. The molecule has 0 fully saturated rings. The second-order valence-electron chi connectivity index (χ2n) is 4.85. The fourth-order valence-electron chi connectivity index (χ4n) is 1.97. The van der Waals surface area contributed by atoms with Gasteiger partial charge >= 0.3 is 6.18 Å². The Labute approximate surface area is 143 Å². The number of halogens is 4. The van der Waals surface area contributed by atoms with Crippen LogP contribution in [0, 0.1) is 0 Å². The van der Waals surface area contributed by atoms with E-state index in [9.17, 15) is 18.0 Å².